The van der Waals surface area contributed by atoms with Crippen molar-refractivity contribution in [2.45, 2.75) is 25.8 Å². The van der Waals surface area contributed by atoms with E-state index in [-0.39, 0.29) is 11.9 Å². The van der Waals surface area contributed by atoms with Gasteiger partial charge in [-0.25, -0.2) is 0 Å². The minimum Gasteiger partial charge on any atom is -0.497 e. The molecule has 1 atom stereocenters. The number of nitrogens with one attached hydrogen (secondary N) is 1. The van der Waals surface area contributed by atoms with Gasteiger partial charge in [0.2, 0.25) is 5.91 Å². The number of amides is 1. The van der Waals surface area contributed by atoms with Crippen molar-refractivity contribution in [3.63, 3.8) is 0 Å². The number of rotatable bonds is 6. The topological polar surface area (TPSA) is 38.3 Å². The fraction of sp³-hybridized carbons (Fsp3) is 0.312. The van der Waals surface area contributed by atoms with Crippen LogP contribution in [-0.2, 0) is 11.2 Å². The van der Waals surface area contributed by atoms with E-state index in [9.17, 15) is 4.79 Å². The van der Waals surface area contributed by atoms with Gasteiger partial charge < -0.3 is 10.1 Å². The number of benzene rings is 1. The van der Waals surface area contributed by atoms with Crippen LogP contribution in [-0.4, -0.2) is 13.0 Å². The van der Waals surface area contributed by atoms with Crippen molar-refractivity contribution in [1.29, 1.82) is 0 Å². The number of hydrogen-bond donors (Lipinski definition) is 1. The zero-order valence-electron chi connectivity index (χ0n) is 11.8. The maximum Gasteiger partial charge on any atom is 0.220 e. The summed E-state index contributed by atoms with van der Waals surface area (Å²) in [6.45, 7) is 2.01. The Labute approximate surface area is 123 Å². The molecule has 3 nitrogen and oxygen atoms in total. The zero-order chi connectivity index (χ0) is 14.4. The lowest BCUT2D eigenvalue weighted by molar-refractivity contribution is -0.121. The lowest BCUT2D eigenvalue weighted by atomic mass is 10.1. The van der Waals surface area contributed by atoms with Gasteiger partial charge in [-0.1, -0.05) is 18.2 Å². The standard InChI is InChI=1S/C16H19NO2S/c1-12(15-4-3-11-20-15)17-16(18)10-7-13-5-8-14(19-2)9-6-13/h3-6,8-9,11-12H,7,10H2,1-2H3,(H,17,18). The Bertz CT molecular complexity index is 534. The van der Waals surface area contributed by atoms with Gasteiger partial charge in [0.1, 0.15) is 5.75 Å². The Balaban J connectivity index is 1.79. The number of carbonyl (C=O) groups excluding carboxylic acids is 1. The maximum absolute atomic E-state index is 11.9. The predicted octanol–water partition coefficient (Wildman–Crippen LogP) is 3.57. The summed E-state index contributed by atoms with van der Waals surface area (Å²) in [4.78, 5) is 13.1. The summed E-state index contributed by atoms with van der Waals surface area (Å²) in [6, 6.07) is 11.9. The maximum atomic E-state index is 11.9. The van der Waals surface area contributed by atoms with Gasteiger partial charge >= 0.3 is 0 Å². The normalized spacial score (nSPS) is 11.9. The molecule has 0 bridgehead atoms. The van der Waals surface area contributed by atoms with Crippen molar-refractivity contribution in [1.82, 2.24) is 5.32 Å². The highest BCUT2D eigenvalue weighted by atomic mass is 32.1. The summed E-state index contributed by atoms with van der Waals surface area (Å²) in [7, 11) is 1.65. The zero-order valence-corrected chi connectivity index (χ0v) is 12.6. The summed E-state index contributed by atoms with van der Waals surface area (Å²) >= 11 is 1.66. The van der Waals surface area contributed by atoms with Crippen LogP contribution < -0.4 is 10.1 Å². The van der Waals surface area contributed by atoms with Crippen LogP contribution in [0.5, 0.6) is 5.75 Å². The highest BCUT2D eigenvalue weighted by Crippen LogP contribution is 2.18. The molecule has 1 amide bonds. The van der Waals surface area contributed by atoms with Crippen LogP contribution in [0.4, 0.5) is 0 Å². The average Bonchev–Trinajstić information content (AvgIpc) is 3.00. The van der Waals surface area contributed by atoms with E-state index in [1.165, 1.54) is 4.88 Å². The summed E-state index contributed by atoms with van der Waals surface area (Å²) in [5.41, 5.74) is 1.14. The van der Waals surface area contributed by atoms with E-state index in [0.29, 0.717) is 6.42 Å². The number of aryl methyl sites for hydroxylation is 1. The fourth-order valence-electron chi connectivity index (χ4n) is 1.97. The largest absolute Gasteiger partial charge is 0.497 e. The van der Waals surface area contributed by atoms with Gasteiger partial charge in [0.25, 0.3) is 0 Å². The second kappa shape index (κ2) is 7.10. The molecule has 0 aliphatic carbocycles. The van der Waals surface area contributed by atoms with Crippen LogP contribution >= 0.6 is 11.3 Å². The minimum atomic E-state index is 0.0818. The van der Waals surface area contributed by atoms with Crippen LogP contribution in [0.25, 0.3) is 0 Å². The molecular formula is C16H19NO2S. The molecule has 20 heavy (non-hydrogen) atoms. The smallest absolute Gasteiger partial charge is 0.220 e. The molecule has 1 aromatic carbocycles. The third kappa shape index (κ3) is 4.10. The van der Waals surface area contributed by atoms with E-state index in [4.69, 9.17) is 4.74 Å². The third-order valence-corrected chi connectivity index (χ3v) is 4.20. The molecular weight excluding hydrogens is 270 g/mol. The Morgan fingerprint density at radius 3 is 2.65 bits per heavy atom. The number of thiophene rings is 1. The molecule has 2 rings (SSSR count). The lowest BCUT2D eigenvalue weighted by Gasteiger charge is -2.12. The van der Waals surface area contributed by atoms with E-state index in [1.54, 1.807) is 18.4 Å². The van der Waals surface area contributed by atoms with Crippen molar-refractivity contribution < 1.29 is 9.53 Å². The first-order chi connectivity index (χ1) is 9.69. The van der Waals surface area contributed by atoms with E-state index in [1.807, 2.05) is 48.7 Å². The summed E-state index contributed by atoms with van der Waals surface area (Å²) < 4.78 is 5.11. The number of carbonyl (C=O) groups is 1. The first-order valence-corrected chi connectivity index (χ1v) is 7.52. The van der Waals surface area contributed by atoms with Crippen LogP contribution in [0.1, 0.15) is 29.8 Å². The van der Waals surface area contributed by atoms with Gasteiger partial charge in [0.05, 0.1) is 13.2 Å². The molecule has 0 radical (unpaired) electrons. The SMILES string of the molecule is COc1ccc(CCC(=O)NC(C)c2cccs2)cc1. The molecule has 4 heteroatoms. The number of hydrogen-bond acceptors (Lipinski definition) is 3. The van der Waals surface area contributed by atoms with E-state index in [2.05, 4.69) is 5.32 Å². The summed E-state index contributed by atoms with van der Waals surface area (Å²) in [5, 5.41) is 5.05. The van der Waals surface area contributed by atoms with Crippen LogP contribution in [0.3, 0.4) is 0 Å². The summed E-state index contributed by atoms with van der Waals surface area (Å²) in [5.74, 6) is 0.922. The minimum absolute atomic E-state index is 0.0818. The first-order valence-electron chi connectivity index (χ1n) is 6.64. The Kier molecular flexibility index (Phi) is 5.18. The fourth-order valence-corrected chi connectivity index (χ4v) is 2.71. The molecule has 0 saturated carbocycles. The van der Waals surface area contributed by atoms with Crippen LogP contribution in [0, 0.1) is 0 Å². The van der Waals surface area contributed by atoms with Crippen molar-refractivity contribution in [3.8, 4) is 5.75 Å². The molecule has 0 fully saturated rings. The van der Waals surface area contributed by atoms with Gasteiger partial charge in [-0.2, -0.15) is 0 Å². The second-order valence-electron chi connectivity index (χ2n) is 4.65. The third-order valence-electron chi connectivity index (χ3n) is 3.15. The van der Waals surface area contributed by atoms with Crippen molar-refractivity contribution >= 4 is 17.2 Å². The molecule has 2 aromatic rings. The molecule has 1 heterocycles. The average molecular weight is 289 g/mol. The first kappa shape index (κ1) is 14.6. The molecule has 0 aliphatic heterocycles. The molecule has 106 valence electrons. The van der Waals surface area contributed by atoms with Crippen molar-refractivity contribution in [2.24, 2.45) is 0 Å². The Morgan fingerprint density at radius 1 is 1.30 bits per heavy atom. The van der Waals surface area contributed by atoms with E-state index < -0.39 is 0 Å². The van der Waals surface area contributed by atoms with E-state index in [0.717, 1.165) is 17.7 Å². The van der Waals surface area contributed by atoms with Gasteiger partial charge in [0, 0.05) is 11.3 Å². The molecule has 0 spiro atoms. The van der Waals surface area contributed by atoms with Crippen LogP contribution in [0.15, 0.2) is 41.8 Å². The molecule has 1 unspecified atom stereocenters. The Hall–Kier alpha value is -1.81. The highest BCUT2D eigenvalue weighted by molar-refractivity contribution is 7.10. The summed E-state index contributed by atoms with van der Waals surface area (Å²) in [6.07, 6.45) is 1.25. The number of methoxy groups -OCH3 is 1. The lowest BCUT2D eigenvalue weighted by Crippen LogP contribution is -2.26. The van der Waals surface area contributed by atoms with Gasteiger partial charge in [-0.15, -0.1) is 11.3 Å². The molecule has 0 aliphatic rings. The van der Waals surface area contributed by atoms with Crippen molar-refractivity contribution in [3.05, 3.63) is 52.2 Å². The van der Waals surface area contributed by atoms with E-state index >= 15 is 0 Å². The molecule has 1 N–H and O–H groups in total. The number of ether oxygens (including phenoxy) is 1. The van der Waals surface area contributed by atoms with Gasteiger partial charge in [-0.3, -0.25) is 4.79 Å². The second-order valence-corrected chi connectivity index (χ2v) is 5.63. The highest BCUT2D eigenvalue weighted by Gasteiger charge is 2.10. The molecule has 1 aromatic heterocycles. The predicted molar refractivity (Wildman–Crippen MR) is 82.2 cm³/mol. The van der Waals surface area contributed by atoms with Gasteiger partial charge in [0.15, 0.2) is 0 Å². The quantitative estimate of drug-likeness (QED) is 0.883. The van der Waals surface area contributed by atoms with Crippen LogP contribution in [0.2, 0.25) is 0 Å². The van der Waals surface area contributed by atoms with Crippen molar-refractivity contribution in [2.75, 3.05) is 7.11 Å². The Morgan fingerprint density at radius 2 is 2.05 bits per heavy atom. The monoisotopic (exact) mass is 289 g/mol. The molecule has 0 saturated heterocycles. The van der Waals surface area contributed by atoms with Gasteiger partial charge in [-0.05, 0) is 42.5 Å².